The third kappa shape index (κ3) is 4.89. The number of hydrogen-bond donors (Lipinski definition) is 0. The lowest BCUT2D eigenvalue weighted by Gasteiger charge is -2.37. The molecule has 2 heterocycles. The number of benzene rings is 1. The minimum absolute atomic E-state index is 0.0484. The van der Waals surface area contributed by atoms with Crippen LogP contribution >= 0.6 is 0 Å². The van der Waals surface area contributed by atoms with E-state index in [0.717, 1.165) is 69.9 Å². The Hall–Kier alpha value is -1.44. The van der Waals surface area contributed by atoms with Crippen LogP contribution in [0.5, 0.6) is 0 Å². The summed E-state index contributed by atoms with van der Waals surface area (Å²) in [6.45, 7) is 9.70. The molecule has 2 fully saturated rings. The summed E-state index contributed by atoms with van der Waals surface area (Å²) in [5, 5.41) is 0. The first kappa shape index (κ1) is 20.3. The van der Waals surface area contributed by atoms with Crippen molar-refractivity contribution in [2.45, 2.75) is 31.6 Å². The van der Waals surface area contributed by atoms with Gasteiger partial charge in [0.25, 0.3) is 5.91 Å². The summed E-state index contributed by atoms with van der Waals surface area (Å²) >= 11 is 0. The smallest absolute Gasteiger partial charge is 0.254 e. The van der Waals surface area contributed by atoms with Crippen LogP contribution in [0.3, 0.4) is 0 Å². The number of rotatable bonds is 4. The molecule has 1 amide bonds. The standard InChI is InChI=1S/C20H30N2O4S/c1-15-11-18(27(3,24)25)12-19(16(15)2)20(23)22-6-4-5-17(14-22)13-21-7-9-26-10-8-21/h11-12,17H,4-10,13-14H2,1-3H3/t17-/m0/s1. The molecule has 27 heavy (non-hydrogen) atoms. The van der Waals surface area contributed by atoms with Gasteiger partial charge in [0.1, 0.15) is 0 Å². The van der Waals surface area contributed by atoms with Crippen LogP contribution in [0.15, 0.2) is 17.0 Å². The van der Waals surface area contributed by atoms with E-state index in [9.17, 15) is 13.2 Å². The van der Waals surface area contributed by atoms with E-state index in [0.29, 0.717) is 11.5 Å². The summed E-state index contributed by atoms with van der Waals surface area (Å²) in [7, 11) is -3.35. The van der Waals surface area contributed by atoms with E-state index in [1.165, 1.54) is 6.26 Å². The summed E-state index contributed by atoms with van der Waals surface area (Å²) in [5.74, 6) is 0.410. The van der Waals surface area contributed by atoms with Crippen molar-refractivity contribution in [2.75, 3.05) is 52.2 Å². The number of hydrogen-bond acceptors (Lipinski definition) is 5. The quantitative estimate of drug-likeness (QED) is 0.780. The average molecular weight is 395 g/mol. The molecule has 0 N–H and O–H groups in total. The highest BCUT2D eigenvalue weighted by Crippen LogP contribution is 2.25. The minimum Gasteiger partial charge on any atom is -0.379 e. The van der Waals surface area contributed by atoms with Gasteiger partial charge < -0.3 is 9.64 Å². The van der Waals surface area contributed by atoms with Gasteiger partial charge in [0.05, 0.1) is 18.1 Å². The number of morpholine rings is 1. The summed E-state index contributed by atoms with van der Waals surface area (Å²) in [6.07, 6.45) is 3.30. The fraction of sp³-hybridized carbons (Fsp3) is 0.650. The molecule has 1 aromatic carbocycles. The second-order valence-electron chi connectivity index (χ2n) is 7.86. The van der Waals surface area contributed by atoms with Crippen molar-refractivity contribution >= 4 is 15.7 Å². The highest BCUT2D eigenvalue weighted by molar-refractivity contribution is 7.90. The van der Waals surface area contributed by atoms with Crippen LogP contribution in [-0.4, -0.2) is 76.3 Å². The van der Waals surface area contributed by atoms with Crippen LogP contribution < -0.4 is 0 Å². The first-order valence-electron chi connectivity index (χ1n) is 9.66. The Balaban J connectivity index is 1.76. The summed E-state index contributed by atoms with van der Waals surface area (Å²) in [6, 6.07) is 3.20. The Morgan fingerprint density at radius 2 is 1.89 bits per heavy atom. The molecule has 1 atom stereocenters. The molecular formula is C20H30N2O4S. The van der Waals surface area contributed by atoms with Gasteiger partial charge in [-0.15, -0.1) is 0 Å². The minimum atomic E-state index is -3.35. The van der Waals surface area contributed by atoms with Crippen molar-refractivity contribution in [3.05, 3.63) is 28.8 Å². The Labute approximate surface area is 162 Å². The van der Waals surface area contributed by atoms with Gasteiger partial charge in [0, 0.05) is 44.5 Å². The maximum atomic E-state index is 13.2. The molecule has 1 aromatic rings. The monoisotopic (exact) mass is 394 g/mol. The highest BCUT2D eigenvalue weighted by Gasteiger charge is 2.28. The molecule has 0 aromatic heterocycles. The van der Waals surface area contributed by atoms with Gasteiger partial charge >= 0.3 is 0 Å². The molecule has 0 unspecified atom stereocenters. The van der Waals surface area contributed by atoms with E-state index < -0.39 is 9.84 Å². The number of piperidine rings is 1. The molecule has 0 radical (unpaired) electrons. The first-order valence-corrected chi connectivity index (χ1v) is 11.6. The fourth-order valence-corrected chi connectivity index (χ4v) is 4.70. The molecule has 6 nitrogen and oxygen atoms in total. The van der Waals surface area contributed by atoms with E-state index in [1.54, 1.807) is 12.1 Å². The highest BCUT2D eigenvalue weighted by atomic mass is 32.2. The summed E-state index contributed by atoms with van der Waals surface area (Å²) in [4.78, 5) is 17.7. The molecule has 0 bridgehead atoms. The van der Waals surface area contributed by atoms with Crippen LogP contribution in [0, 0.1) is 19.8 Å². The zero-order valence-electron chi connectivity index (χ0n) is 16.5. The number of carbonyl (C=O) groups excluding carboxylic acids is 1. The molecule has 7 heteroatoms. The number of sulfone groups is 1. The Morgan fingerprint density at radius 3 is 2.56 bits per heavy atom. The van der Waals surface area contributed by atoms with E-state index >= 15 is 0 Å². The molecule has 0 saturated carbocycles. The number of nitrogens with zero attached hydrogens (tertiary/aromatic N) is 2. The Bertz CT molecular complexity index is 800. The number of carbonyl (C=O) groups is 1. The van der Waals surface area contributed by atoms with Crippen LogP contribution in [0.2, 0.25) is 0 Å². The van der Waals surface area contributed by atoms with Gasteiger partial charge in [-0.25, -0.2) is 8.42 Å². The molecule has 0 aliphatic carbocycles. The number of amides is 1. The first-order chi connectivity index (χ1) is 12.8. The van der Waals surface area contributed by atoms with Crippen molar-refractivity contribution in [3.63, 3.8) is 0 Å². The van der Waals surface area contributed by atoms with Gasteiger partial charge in [-0.3, -0.25) is 9.69 Å². The van der Waals surface area contributed by atoms with E-state index in [2.05, 4.69) is 4.90 Å². The Morgan fingerprint density at radius 1 is 1.19 bits per heavy atom. The zero-order valence-corrected chi connectivity index (χ0v) is 17.3. The second kappa shape index (κ2) is 8.29. The lowest BCUT2D eigenvalue weighted by molar-refractivity contribution is 0.0223. The molecule has 150 valence electrons. The second-order valence-corrected chi connectivity index (χ2v) is 9.87. The molecule has 2 saturated heterocycles. The van der Waals surface area contributed by atoms with Crippen LogP contribution in [0.1, 0.15) is 34.3 Å². The molecule has 0 spiro atoms. The zero-order chi connectivity index (χ0) is 19.6. The number of ether oxygens (including phenoxy) is 1. The van der Waals surface area contributed by atoms with E-state index in [1.807, 2.05) is 18.7 Å². The van der Waals surface area contributed by atoms with E-state index in [4.69, 9.17) is 4.74 Å². The van der Waals surface area contributed by atoms with Gasteiger partial charge in [-0.2, -0.15) is 0 Å². The number of aryl methyl sites for hydroxylation is 1. The summed E-state index contributed by atoms with van der Waals surface area (Å²) < 4.78 is 29.4. The van der Waals surface area contributed by atoms with Crippen molar-refractivity contribution < 1.29 is 17.9 Å². The van der Waals surface area contributed by atoms with Crippen molar-refractivity contribution in [2.24, 2.45) is 5.92 Å². The SMILES string of the molecule is Cc1cc(S(C)(=O)=O)cc(C(=O)N2CCC[C@@H](CN3CCOCC3)C2)c1C. The van der Waals surface area contributed by atoms with Crippen molar-refractivity contribution in [1.29, 1.82) is 0 Å². The van der Waals surface area contributed by atoms with Crippen LogP contribution in [-0.2, 0) is 14.6 Å². The predicted octanol–water partition coefficient (Wildman–Crippen LogP) is 1.89. The number of likely N-dealkylation sites (tertiary alicyclic amines) is 1. The lowest BCUT2D eigenvalue weighted by atomic mass is 9.95. The van der Waals surface area contributed by atoms with Gasteiger partial charge in [-0.1, -0.05) is 0 Å². The lowest BCUT2D eigenvalue weighted by Crippen LogP contribution is -2.46. The normalized spacial score (nSPS) is 22.0. The van der Waals surface area contributed by atoms with Gasteiger partial charge in [0.2, 0.25) is 0 Å². The topological polar surface area (TPSA) is 66.9 Å². The van der Waals surface area contributed by atoms with Crippen LogP contribution in [0.25, 0.3) is 0 Å². The fourth-order valence-electron chi connectivity index (χ4n) is 3.98. The third-order valence-corrected chi connectivity index (χ3v) is 6.82. The van der Waals surface area contributed by atoms with Gasteiger partial charge in [-0.05, 0) is 55.9 Å². The largest absolute Gasteiger partial charge is 0.379 e. The van der Waals surface area contributed by atoms with E-state index in [-0.39, 0.29) is 10.8 Å². The molecule has 3 rings (SSSR count). The van der Waals surface area contributed by atoms with Gasteiger partial charge in [0.15, 0.2) is 9.84 Å². The summed E-state index contributed by atoms with van der Waals surface area (Å²) in [5.41, 5.74) is 2.22. The maximum absolute atomic E-state index is 13.2. The molecular weight excluding hydrogens is 364 g/mol. The molecule has 2 aliphatic heterocycles. The maximum Gasteiger partial charge on any atom is 0.254 e. The molecule has 2 aliphatic rings. The van der Waals surface area contributed by atoms with Crippen molar-refractivity contribution in [1.82, 2.24) is 9.80 Å². The van der Waals surface area contributed by atoms with Crippen molar-refractivity contribution in [3.8, 4) is 0 Å². The average Bonchev–Trinajstić information content (AvgIpc) is 2.63. The van der Waals surface area contributed by atoms with Crippen LogP contribution in [0.4, 0.5) is 0 Å². The third-order valence-electron chi connectivity index (χ3n) is 5.73. The predicted molar refractivity (Wildman–Crippen MR) is 105 cm³/mol. The Kier molecular flexibility index (Phi) is 6.23.